The molecule has 0 spiro atoms. The van der Waals surface area contributed by atoms with Gasteiger partial charge in [-0.25, -0.2) is 4.79 Å². The summed E-state index contributed by atoms with van der Waals surface area (Å²) in [5, 5.41) is 11.4. The number of ether oxygens (including phenoxy) is 1. The van der Waals surface area contributed by atoms with Crippen molar-refractivity contribution in [2.24, 2.45) is 5.92 Å². The van der Waals surface area contributed by atoms with Crippen molar-refractivity contribution in [2.45, 2.75) is 32.7 Å². The van der Waals surface area contributed by atoms with Crippen LogP contribution in [0.5, 0.6) is 0 Å². The number of amides is 1. The van der Waals surface area contributed by atoms with Gasteiger partial charge in [0.2, 0.25) is 0 Å². The number of nitrogens with one attached hydrogen (secondary N) is 1. The van der Waals surface area contributed by atoms with Crippen molar-refractivity contribution in [1.82, 2.24) is 5.32 Å². The van der Waals surface area contributed by atoms with E-state index in [1.807, 2.05) is 0 Å². The van der Waals surface area contributed by atoms with Gasteiger partial charge >= 0.3 is 12.1 Å². The zero-order valence-corrected chi connectivity index (χ0v) is 9.95. The van der Waals surface area contributed by atoms with Crippen LogP contribution < -0.4 is 5.32 Å². The van der Waals surface area contributed by atoms with Gasteiger partial charge in [0.15, 0.2) is 0 Å². The summed E-state index contributed by atoms with van der Waals surface area (Å²) in [6.45, 7) is 8.65. The van der Waals surface area contributed by atoms with Gasteiger partial charge in [0.25, 0.3) is 0 Å². The first kappa shape index (κ1) is 14.5. The topological polar surface area (TPSA) is 75.6 Å². The zero-order chi connectivity index (χ0) is 12.8. The minimum atomic E-state index is -0.880. The number of carbonyl (C=O) groups is 2. The molecule has 0 saturated carbocycles. The quantitative estimate of drug-likeness (QED) is 0.681. The molecular formula is C11H19NO4. The number of hydrogen-bond acceptors (Lipinski definition) is 3. The van der Waals surface area contributed by atoms with Crippen molar-refractivity contribution < 1.29 is 19.4 Å². The summed E-state index contributed by atoms with van der Waals surface area (Å²) in [6, 6.07) is 0. The van der Waals surface area contributed by atoms with E-state index in [-0.39, 0.29) is 6.61 Å². The highest BCUT2D eigenvalue weighted by molar-refractivity contribution is 5.70. The average molecular weight is 229 g/mol. The van der Waals surface area contributed by atoms with E-state index in [9.17, 15) is 9.59 Å². The van der Waals surface area contributed by atoms with E-state index >= 15 is 0 Å². The van der Waals surface area contributed by atoms with E-state index in [1.54, 1.807) is 20.8 Å². The fourth-order valence-corrected chi connectivity index (χ4v) is 1.35. The minimum Gasteiger partial charge on any atom is -0.481 e. The summed E-state index contributed by atoms with van der Waals surface area (Å²) in [5.74, 6) is -1.40. The molecular weight excluding hydrogens is 210 g/mol. The van der Waals surface area contributed by atoms with Gasteiger partial charge in [-0.05, 0) is 20.3 Å². The molecule has 0 fully saturated rings. The second-order valence-electron chi connectivity index (χ2n) is 4.34. The van der Waals surface area contributed by atoms with Crippen LogP contribution in [0.2, 0.25) is 0 Å². The normalized spacial score (nSPS) is 12.7. The Kier molecular flexibility index (Phi) is 5.56. The predicted octanol–water partition coefficient (Wildman–Crippen LogP) is 1.79. The maximum atomic E-state index is 11.2. The maximum absolute atomic E-state index is 11.2. The predicted molar refractivity (Wildman–Crippen MR) is 60.2 cm³/mol. The van der Waals surface area contributed by atoms with Gasteiger partial charge in [-0.1, -0.05) is 19.6 Å². The van der Waals surface area contributed by atoms with Crippen LogP contribution in [-0.4, -0.2) is 29.3 Å². The SMILES string of the molecule is C=CCOC(=O)NC(C)(C)CC(C)C(=O)O. The van der Waals surface area contributed by atoms with Crippen LogP contribution in [0.25, 0.3) is 0 Å². The van der Waals surface area contributed by atoms with Gasteiger partial charge in [-0.15, -0.1) is 0 Å². The first-order chi connectivity index (χ1) is 7.28. The fourth-order valence-electron chi connectivity index (χ4n) is 1.35. The van der Waals surface area contributed by atoms with E-state index in [2.05, 4.69) is 11.9 Å². The van der Waals surface area contributed by atoms with Gasteiger partial charge in [0.05, 0.1) is 5.92 Å². The van der Waals surface area contributed by atoms with Crippen molar-refractivity contribution >= 4 is 12.1 Å². The molecule has 92 valence electrons. The highest BCUT2D eigenvalue weighted by Crippen LogP contribution is 2.16. The maximum Gasteiger partial charge on any atom is 0.407 e. The van der Waals surface area contributed by atoms with Gasteiger partial charge in [-0.3, -0.25) is 4.79 Å². The number of rotatable bonds is 6. The Morgan fingerprint density at radius 1 is 1.56 bits per heavy atom. The molecule has 5 nitrogen and oxygen atoms in total. The van der Waals surface area contributed by atoms with Crippen LogP contribution in [0.3, 0.4) is 0 Å². The number of carboxylic acid groups (broad SMARTS) is 1. The Balaban J connectivity index is 4.17. The van der Waals surface area contributed by atoms with Crippen LogP contribution in [0.1, 0.15) is 27.2 Å². The van der Waals surface area contributed by atoms with Gasteiger partial charge in [-0.2, -0.15) is 0 Å². The summed E-state index contributed by atoms with van der Waals surface area (Å²) < 4.78 is 4.75. The summed E-state index contributed by atoms with van der Waals surface area (Å²) in [5.41, 5.74) is -0.615. The molecule has 0 bridgehead atoms. The number of aliphatic carboxylic acids is 1. The number of alkyl carbamates (subject to hydrolysis) is 1. The standard InChI is InChI=1S/C11H19NO4/c1-5-6-16-10(15)12-11(3,4)7-8(2)9(13)14/h5,8H,1,6-7H2,2-4H3,(H,12,15)(H,13,14). The largest absolute Gasteiger partial charge is 0.481 e. The molecule has 0 rings (SSSR count). The van der Waals surface area contributed by atoms with E-state index in [1.165, 1.54) is 6.08 Å². The highest BCUT2D eigenvalue weighted by atomic mass is 16.5. The molecule has 0 aromatic rings. The molecule has 5 heteroatoms. The molecule has 0 aromatic heterocycles. The van der Waals surface area contributed by atoms with Crippen molar-refractivity contribution in [3.8, 4) is 0 Å². The Morgan fingerprint density at radius 2 is 2.12 bits per heavy atom. The van der Waals surface area contributed by atoms with Crippen LogP contribution in [0, 0.1) is 5.92 Å². The molecule has 16 heavy (non-hydrogen) atoms. The summed E-state index contributed by atoms with van der Waals surface area (Å²) in [6.07, 6.45) is 1.24. The van der Waals surface area contributed by atoms with Gasteiger partial charge in [0.1, 0.15) is 6.61 Å². The van der Waals surface area contributed by atoms with E-state index in [0.717, 1.165) is 0 Å². The third-order valence-corrected chi connectivity index (χ3v) is 2.01. The monoisotopic (exact) mass is 229 g/mol. The first-order valence-corrected chi connectivity index (χ1v) is 5.07. The summed E-state index contributed by atoms with van der Waals surface area (Å²) >= 11 is 0. The van der Waals surface area contributed by atoms with Crippen molar-refractivity contribution in [2.75, 3.05) is 6.61 Å². The van der Waals surface area contributed by atoms with E-state index in [0.29, 0.717) is 6.42 Å². The molecule has 0 radical (unpaired) electrons. The van der Waals surface area contributed by atoms with Crippen LogP contribution in [-0.2, 0) is 9.53 Å². The molecule has 0 saturated heterocycles. The number of carboxylic acids is 1. The molecule has 1 atom stereocenters. The van der Waals surface area contributed by atoms with E-state index < -0.39 is 23.5 Å². The molecule has 0 heterocycles. The molecule has 0 aliphatic carbocycles. The molecule has 0 aliphatic heterocycles. The lowest BCUT2D eigenvalue weighted by Crippen LogP contribution is -2.45. The third-order valence-electron chi connectivity index (χ3n) is 2.01. The van der Waals surface area contributed by atoms with Gasteiger partial charge in [0, 0.05) is 5.54 Å². The Labute approximate surface area is 95.5 Å². The molecule has 0 aliphatic rings. The Bertz CT molecular complexity index is 273. The minimum absolute atomic E-state index is 0.135. The second kappa shape index (κ2) is 6.15. The summed E-state index contributed by atoms with van der Waals surface area (Å²) in [7, 11) is 0. The van der Waals surface area contributed by atoms with Crippen LogP contribution in [0.4, 0.5) is 4.79 Å². The first-order valence-electron chi connectivity index (χ1n) is 5.07. The fraction of sp³-hybridized carbons (Fsp3) is 0.636. The lowest BCUT2D eigenvalue weighted by Gasteiger charge is -2.27. The second-order valence-corrected chi connectivity index (χ2v) is 4.34. The lowest BCUT2D eigenvalue weighted by molar-refractivity contribution is -0.141. The van der Waals surface area contributed by atoms with Crippen molar-refractivity contribution in [1.29, 1.82) is 0 Å². The van der Waals surface area contributed by atoms with Crippen molar-refractivity contribution in [3.05, 3.63) is 12.7 Å². The molecule has 2 N–H and O–H groups in total. The Morgan fingerprint density at radius 3 is 2.56 bits per heavy atom. The van der Waals surface area contributed by atoms with E-state index in [4.69, 9.17) is 9.84 Å². The smallest absolute Gasteiger partial charge is 0.407 e. The lowest BCUT2D eigenvalue weighted by atomic mass is 9.92. The Hall–Kier alpha value is -1.52. The highest BCUT2D eigenvalue weighted by Gasteiger charge is 2.26. The third kappa shape index (κ3) is 6.06. The average Bonchev–Trinajstić information content (AvgIpc) is 2.12. The van der Waals surface area contributed by atoms with Gasteiger partial charge < -0.3 is 15.2 Å². The molecule has 1 unspecified atom stereocenters. The summed E-state index contributed by atoms with van der Waals surface area (Å²) in [4.78, 5) is 21.9. The van der Waals surface area contributed by atoms with Crippen LogP contribution in [0.15, 0.2) is 12.7 Å². The van der Waals surface area contributed by atoms with Crippen molar-refractivity contribution in [3.63, 3.8) is 0 Å². The molecule has 1 amide bonds. The number of hydrogen-bond donors (Lipinski definition) is 2. The zero-order valence-electron chi connectivity index (χ0n) is 9.95. The molecule has 0 aromatic carbocycles. The van der Waals surface area contributed by atoms with Crippen LogP contribution >= 0.6 is 0 Å². The number of carbonyl (C=O) groups excluding carboxylic acids is 1.